The lowest BCUT2D eigenvalue weighted by Crippen LogP contribution is -1.95. The fraction of sp³-hybridized carbons (Fsp3) is 0.333. The monoisotopic (exact) mass is 175 g/mol. The van der Waals surface area contributed by atoms with Gasteiger partial charge in [0.05, 0.1) is 0 Å². The number of rotatable bonds is 2. The molecule has 0 unspecified atom stereocenters. The number of allylic oxidation sites excluding steroid dienone is 2. The van der Waals surface area contributed by atoms with E-state index >= 15 is 0 Å². The van der Waals surface area contributed by atoms with Crippen LogP contribution in [0.2, 0.25) is 0 Å². The molecular weight excluding hydrogens is 158 g/mol. The fourth-order valence-electron chi connectivity index (χ4n) is 1.18. The predicted octanol–water partition coefficient (Wildman–Crippen LogP) is 2.96. The molecular formula is C12H17N. The van der Waals surface area contributed by atoms with E-state index in [9.17, 15) is 0 Å². The van der Waals surface area contributed by atoms with Crippen LogP contribution in [0, 0.1) is 0 Å². The molecule has 0 amide bonds. The van der Waals surface area contributed by atoms with E-state index in [2.05, 4.69) is 45.0 Å². The number of benzene rings is 1. The third-order valence-corrected chi connectivity index (χ3v) is 2.37. The fourth-order valence-corrected chi connectivity index (χ4v) is 1.18. The maximum absolute atomic E-state index is 5.52. The van der Waals surface area contributed by atoms with Crippen LogP contribution in [0.15, 0.2) is 29.8 Å². The molecule has 1 nitrogen and oxygen atoms in total. The van der Waals surface area contributed by atoms with Crippen LogP contribution >= 0.6 is 0 Å². The van der Waals surface area contributed by atoms with Crippen molar-refractivity contribution < 1.29 is 0 Å². The summed E-state index contributed by atoms with van der Waals surface area (Å²) in [5, 5.41) is 0. The first-order valence-corrected chi connectivity index (χ1v) is 4.58. The van der Waals surface area contributed by atoms with Crippen molar-refractivity contribution in [1.82, 2.24) is 0 Å². The molecule has 13 heavy (non-hydrogen) atoms. The van der Waals surface area contributed by atoms with Gasteiger partial charge in [0.15, 0.2) is 0 Å². The highest BCUT2D eigenvalue weighted by Crippen LogP contribution is 2.17. The van der Waals surface area contributed by atoms with Crippen molar-refractivity contribution in [2.75, 3.05) is 0 Å². The Labute approximate surface area is 80.3 Å². The topological polar surface area (TPSA) is 26.0 Å². The lowest BCUT2D eigenvalue weighted by molar-refractivity contribution is 1.07. The van der Waals surface area contributed by atoms with Crippen LogP contribution in [-0.4, -0.2) is 0 Å². The maximum Gasteiger partial charge on any atom is 0.0178 e. The van der Waals surface area contributed by atoms with Crippen molar-refractivity contribution in [1.29, 1.82) is 0 Å². The molecule has 1 aromatic carbocycles. The van der Waals surface area contributed by atoms with Gasteiger partial charge in [-0.15, -0.1) is 0 Å². The molecule has 0 bridgehead atoms. The summed E-state index contributed by atoms with van der Waals surface area (Å²) >= 11 is 0. The zero-order valence-electron chi connectivity index (χ0n) is 8.59. The van der Waals surface area contributed by atoms with Gasteiger partial charge < -0.3 is 5.73 Å². The quantitative estimate of drug-likeness (QED) is 0.734. The number of nitrogens with two attached hydrogens (primary N) is 1. The SMILES string of the molecule is CC(C)=C(C)c1ccc(CN)cc1. The Hall–Kier alpha value is -1.08. The zero-order valence-corrected chi connectivity index (χ0v) is 8.59. The second-order valence-electron chi connectivity index (χ2n) is 3.53. The minimum absolute atomic E-state index is 0.619. The summed E-state index contributed by atoms with van der Waals surface area (Å²) < 4.78 is 0. The number of hydrogen-bond acceptors (Lipinski definition) is 1. The Morgan fingerprint density at radius 1 is 1.08 bits per heavy atom. The Bertz CT molecular complexity index is 302. The van der Waals surface area contributed by atoms with E-state index in [4.69, 9.17) is 5.73 Å². The Morgan fingerprint density at radius 2 is 1.62 bits per heavy atom. The van der Waals surface area contributed by atoms with Gasteiger partial charge in [0.25, 0.3) is 0 Å². The standard InChI is InChI=1S/C12H17N/c1-9(2)10(3)12-6-4-11(8-13)5-7-12/h4-7H,8,13H2,1-3H3. The molecule has 1 rings (SSSR count). The maximum atomic E-state index is 5.52. The molecule has 70 valence electrons. The average Bonchev–Trinajstić information content (AvgIpc) is 2.17. The minimum Gasteiger partial charge on any atom is -0.326 e. The predicted molar refractivity (Wildman–Crippen MR) is 58.3 cm³/mol. The van der Waals surface area contributed by atoms with E-state index in [1.165, 1.54) is 22.3 Å². The van der Waals surface area contributed by atoms with Crippen LogP contribution in [-0.2, 0) is 6.54 Å². The Morgan fingerprint density at radius 3 is 2.00 bits per heavy atom. The molecule has 0 saturated heterocycles. The molecule has 0 spiro atoms. The third-order valence-electron chi connectivity index (χ3n) is 2.37. The van der Waals surface area contributed by atoms with E-state index in [-0.39, 0.29) is 0 Å². The highest BCUT2D eigenvalue weighted by atomic mass is 14.5. The van der Waals surface area contributed by atoms with Gasteiger partial charge in [-0.05, 0) is 37.5 Å². The molecule has 0 aliphatic carbocycles. The van der Waals surface area contributed by atoms with Crippen molar-refractivity contribution in [2.45, 2.75) is 27.3 Å². The summed E-state index contributed by atoms with van der Waals surface area (Å²) in [6.45, 7) is 7.03. The molecule has 0 aromatic heterocycles. The van der Waals surface area contributed by atoms with Gasteiger partial charge in [0.2, 0.25) is 0 Å². The van der Waals surface area contributed by atoms with Gasteiger partial charge in [-0.3, -0.25) is 0 Å². The van der Waals surface area contributed by atoms with Crippen LogP contribution in [0.5, 0.6) is 0 Å². The third kappa shape index (κ3) is 2.43. The molecule has 0 fully saturated rings. The second-order valence-corrected chi connectivity index (χ2v) is 3.53. The summed E-state index contributed by atoms with van der Waals surface area (Å²) in [6.07, 6.45) is 0. The largest absolute Gasteiger partial charge is 0.326 e. The van der Waals surface area contributed by atoms with Gasteiger partial charge in [-0.2, -0.15) is 0 Å². The van der Waals surface area contributed by atoms with Gasteiger partial charge in [-0.25, -0.2) is 0 Å². The summed E-state index contributed by atoms with van der Waals surface area (Å²) in [6, 6.07) is 8.43. The van der Waals surface area contributed by atoms with Crippen LogP contribution in [0.4, 0.5) is 0 Å². The highest BCUT2D eigenvalue weighted by molar-refractivity contribution is 5.66. The smallest absolute Gasteiger partial charge is 0.0178 e. The van der Waals surface area contributed by atoms with E-state index in [1.807, 2.05) is 0 Å². The van der Waals surface area contributed by atoms with E-state index in [1.54, 1.807) is 0 Å². The van der Waals surface area contributed by atoms with Crippen molar-refractivity contribution in [3.05, 3.63) is 41.0 Å². The normalized spacial score (nSPS) is 9.85. The molecule has 0 atom stereocenters. The lowest BCUT2D eigenvalue weighted by Gasteiger charge is -2.04. The first kappa shape index (κ1) is 10.0. The summed E-state index contributed by atoms with van der Waals surface area (Å²) in [7, 11) is 0. The molecule has 0 radical (unpaired) electrons. The van der Waals surface area contributed by atoms with Gasteiger partial charge in [0, 0.05) is 6.54 Å². The van der Waals surface area contributed by atoms with Gasteiger partial charge >= 0.3 is 0 Å². The summed E-state index contributed by atoms with van der Waals surface area (Å²) in [5.74, 6) is 0. The van der Waals surface area contributed by atoms with E-state index < -0.39 is 0 Å². The van der Waals surface area contributed by atoms with Crippen LogP contribution in [0.3, 0.4) is 0 Å². The molecule has 1 heteroatoms. The van der Waals surface area contributed by atoms with Gasteiger partial charge in [0.1, 0.15) is 0 Å². The van der Waals surface area contributed by atoms with E-state index in [0.717, 1.165) is 0 Å². The first-order valence-electron chi connectivity index (χ1n) is 4.58. The summed E-state index contributed by atoms with van der Waals surface area (Å²) in [5.41, 5.74) is 10.7. The Kier molecular flexibility index (Phi) is 3.26. The first-order chi connectivity index (χ1) is 6.15. The van der Waals surface area contributed by atoms with Crippen LogP contribution < -0.4 is 5.73 Å². The van der Waals surface area contributed by atoms with Gasteiger partial charge in [-0.1, -0.05) is 29.8 Å². The molecule has 0 heterocycles. The Balaban J connectivity index is 2.99. The lowest BCUT2D eigenvalue weighted by atomic mass is 10.0. The minimum atomic E-state index is 0.619. The highest BCUT2D eigenvalue weighted by Gasteiger charge is 1.96. The van der Waals surface area contributed by atoms with Crippen molar-refractivity contribution in [2.24, 2.45) is 5.73 Å². The summed E-state index contributed by atoms with van der Waals surface area (Å²) in [4.78, 5) is 0. The molecule has 0 aliphatic heterocycles. The van der Waals surface area contributed by atoms with Crippen molar-refractivity contribution in [3.63, 3.8) is 0 Å². The van der Waals surface area contributed by atoms with Crippen LogP contribution in [0.1, 0.15) is 31.9 Å². The molecule has 1 aromatic rings. The molecule has 0 aliphatic rings. The van der Waals surface area contributed by atoms with Crippen LogP contribution in [0.25, 0.3) is 5.57 Å². The molecule has 2 N–H and O–H groups in total. The van der Waals surface area contributed by atoms with E-state index in [0.29, 0.717) is 6.54 Å². The second kappa shape index (κ2) is 4.24. The number of hydrogen-bond donors (Lipinski definition) is 1. The van der Waals surface area contributed by atoms with Crippen molar-refractivity contribution in [3.8, 4) is 0 Å². The average molecular weight is 175 g/mol. The van der Waals surface area contributed by atoms with Crippen molar-refractivity contribution >= 4 is 5.57 Å². The molecule has 0 saturated carbocycles. The zero-order chi connectivity index (χ0) is 9.84.